The monoisotopic (exact) mass is 382 g/mol. The molecule has 3 rings (SSSR count). The number of benzene rings is 2. The molecule has 0 atom stereocenters. The van der Waals surface area contributed by atoms with Gasteiger partial charge in [-0.2, -0.15) is 0 Å². The van der Waals surface area contributed by atoms with E-state index in [0.717, 1.165) is 37.6 Å². The minimum Gasteiger partial charge on any atom is -0.378 e. The molecule has 28 heavy (non-hydrogen) atoms. The predicted octanol–water partition coefficient (Wildman–Crippen LogP) is 2.83. The van der Waals surface area contributed by atoms with Crippen molar-refractivity contribution < 1.29 is 14.3 Å². The van der Waals surface area contributed by atoms with Crippen molar-refractivity contribution in [3.05, 3.63) is 54.1 Å². The minimum atomic E-state index is -0.273. The zero-order chi connectivity index (χ0) is 19.9. The van der Waals surface area contributed by atoms with E-state index in [1.807, 2.05) is 12.1 Å². The normalized spacial score (nSPS) is 13.7. The highest BCUT2D eigenvalue weighted by atomic mass is 16.5. The van der Waals surface area contributed by atoms with E-state index in [0.29, 0.717) is 12.2 Å². The molecule has 0 aromatic heterocycles. The summed E-state index contributed by atoms with van der Waals surface area (Å²) in [7, 11) is 1.71. The lowest BCUT2D eigenvalue weighted by Gasteiger charge is -2.28. The SMILES string of the molecule is CC(=O)N(C)c1ccc(NC(=O)NCc2ccc(N3CCOCC3)cc2)cc1. The van der Waals surface area contributed by atoms with Gasteiger partial charge in [-0.25, -0.2) is 4.79 Å². The number of morpholine rings is 1. The van der Waals surface area contributed by atoms with E-state index in [9.17, 15) is 9.59 Å². The third-order valence-electron chi connectivity index (χ3n) is 4.75. The summed E-state index contributed by atoms with van der Waals surface area (Å²) in [5.41, 5.74) is 3.65. The van der Waals surface area contributed by atoms with Crippen LogP contribution in [0.4, 0.5) is 21.9 Å². The van der Waals surface area contributed by atoms with E-state index < -0.39 is 0 Å². The van der Waals surface area contributed by atoms with E-state index in [1.54, 1.807) is 36.2 Å². The lowest BCUT2D eigenvalue weighted by atomic mass is 10.2. The molecule has 2 N–H and O–H groups in total. The summed E-state index contributed by atoms with van der Waals surface area (Å²) in [6.07, 6.45) is 0. The Morgan fingerprint density at radius 2 is 1.68 bits per heavy atom. The van der Waals surface area contributed by atoms with E-state index in [-0.39, 0.29) is 11.9 Å². The van der Waals surface area contributed by atoms with Crippen LogP contribution in [0.1, 0.15) is 12.5 Å². The molecule has 1 aliphatic heterocycles. The number of amides is 3. The van der Waals surface area contributed by atoms with Gasteiger partial charge in [0, 0.05) is 50.7 Å². The van der Waals surface area contributed by atoms with Crippen LogP contribution in [0.25, 0.3) is 0 Å². The Kier molecular flexibility index (Phi) is 6.49. The summed E-state index contributed by atoms with van der Waals surface area (Å²) < 4.78 is 5.37. The van der Waals surface area contributed by atoms with Crippen LogP contribution < -0.4 is 20.4 Å². The molecule has 7 nitrogen and oxygen atoms in total. The van der Waals surface area contributed by atoms with Gasteiger partial charge in [-0.3, -0.25) is 4.79 Å². The van der Waals surface area contributed by atoms with E-state index in [1.165, 1.54) is 12.6 Å². The van der Waals surface area contributed by atoms with Gasteiger partial charge in [0.15, 0.2) is 0 Å². The van der Waals surface area contributed by atoms with Gasteiger partial charge in [-0.15, -0.1) is 0 Å². The van der Waals surface area contributed by atoms with Crippen LogP contribution in [0.15, 0.2) is 48.5 Å². The van der Waals surface area contributed by atoms with Crippen molar-refractivity contribution in [2.75, 3.05) is 48.5 Å². The van der Waals surface area contributed by atoms with Crippen molar-refractivity contribution in [3.63, 3.8) is 0 Å². The molecule has 1 fully saturated rings. The fourth-order valence-corrected chi connectivity index (χ4v) is 2.95. The highest BCUT2D eigenvalue weighted by Gasteiger charge is 2.11. The maximum absolute atomic E-state index is 12.1. The molecule has 7 heteroatoms. The molecular formula is C21H26N4O3. The molecule has 0 spiro atoms. The maximum atomic E-state index is 12.1. The Balaban J connectivity index is 1.48. The van der Waals surface area contributed by atoms with Crippen molar-refractivity contribution in [1.29, 1.82) is 0 Å². The van der Waals surface area contributed by atoms with Crippen molar-refractivity contribution in [2.24, 2.45) is 0 Å². The average molecular weight is 382 g/mol. The van der Waals surface area contributed by atoms with Gasteiger partial charge >= 0.3 is 6.03 Å². The predicted molar refractivity (Wildman–Crippen MR) is 111 cm³/mol. The fourth-order valence-electron chi connectivity index (χ4n) is 2.95. The molecule has 0 saturated carbocycles. The highest BCUT2D eigenvalue weighted by Crippen LogP contribution is 2.18. The van der Waals surface area contributed by atoms with E-state index >= 15 is 0 Å². The summed E-state index contributed by atoms with van der Waals surface area (Å²) in [5.74, 6) is -0.0434. The number of hydrogen-bond donors (Lipinski definition) is 2. The van der Waals surface area contributed by atoms with Crippen molar-refractivity contribution in [1.82, 2.24) is 5.32 Å². The van der Waals surface area contributed by atoms with Crippen LogP contribution in [0.2, 0.25) is 0 Å². The van der Waals surface area contributed by atoms with Gasteiger partial charge in [0.1, 0.15) is 0 Å². The van der Waals surface area contributed by atoms with Crippen LogP contribution in [0.5, 0.6) is 0 Å². The number of carbonyl (C=O) groups excluding carboxylic acids is 2. The summed E-state index contributed by atoms with van der Waals surface area (Å²) in [6.45, 7) is 5.28. The molecule has 1 saturated heterocycles. The zero-order valence-corrected chi connectivity index (χ0v) is 16.3. The zero-order valence-electron chi connectivity index (χ0n) is 16.3. The largest absolute Gasteiger partial charge is 0.378 e. The Labute approximate surface area is 165 Å². The first kappa shape index (κ1) is 19.7. The Morgan fingerprint density at radius 1 is 1.04 bits per heavy atom. The standard InChI is InChI=1S/C21H26N4O3/c1-16(26)24(2)19-9-5-18(6-10-19)23-21(27)22-15-17-3-7-20(8-4-17)25-11-13-28-14-12-25/h3-10H,11-15H2,1-2H3,(H2,22,23,27). The molecule has 0 radical (unpaired) electrons. The van der Waals surface area contributed by atoms with Crippen LogP contribution in [-0.2, 0) is 16.1 Å². The number of nitrogens with one attached hydrogen (secondary N) is 2. The topological polar surface area (TPSA) is 73.9 Å². The summed E-state index contributed by atoms with van der Waals surface area (Å²) in [6, 6.07) is 15.0. The molecule has 148 valence electrons. The Hall–Kier alpha value is -3.06. The molecule has 2 aromatic carbocycles. The number of carbonyl (C=O) groups is 2. The summed E-state index contributed by atoms with van der Waals surface area (Å²) >= 11 is 0. The van der Waals surface area contributed by atoms with Crippen molar-refractivity contribution >= 4 is 29.0 Å². The third kappa shape index (κ3) is 5.23. The molecular weight excluding hydrogens is 356 g/mol. The van der Waals surface area contributed by atoms with Crippen LogP contribution in [0, 0.1) is 0 Å². The molecule has 2 aromatic rings. The second-order valence-corrected chi connectivity index (χ2v) is 6.70. The molecule has 1 aliphatic rings. The lowest BCUT2D eigenvalue weighted by molar-refractivity contribution is -0.116. The van der Waals surface area contributed by atoms with Crippen molar-refractivity contribution in [2.45, 2.75) is 13.5 Å². The third-order valence-corrected chi connectivity index (χ3v) is 4.75. The second kappa shape index (κ2) is 9.23. The number of rotatable bonds is 5. The summed E-state index contributed by atoms with van der Waals surface area (Å²) in [5, 5.41) is 5.65. The fraction of sp³-hybridized carbons (Fsp3) is 0.333. The number of hydrogen-bond acceptors (Lipinski definition) is 4. The molecule has 1 heterocycles. The molecule has 0 bridgehead atoms. The number of nitrogens with zero attached hydrogens (tertiary/aromatic N) is 2. The lowest BCUT2D eigenvalue weighted by Crippen LogP contribution is -2.36. The highest BCUT2D eigenvalue weighted by molar-refractivity contribution is 5.92. The first-order valence-electron chi connectivity index (χ1n) is 9.34. The number of urea groups is 1. The van der Waals surface area contributed by atoms with Crippen molar-refractivity contribution in [3.8, 4) is 0 Å². The molecule has 3 amide bonds. The van der Waals surface area contributed by atoms with Crippen LogP contribution >= 0.6 is 0 Å². The first-order chi connectivity index (χ1) is 13.5. The number of anilines is 3. The van der Waals surface area contributed by atoms with Crippen LogP contribution in [-0.4, -0.2) is 45.3 Å². The van der Waals surface area contributed by atoms with Gasteiger partial charge in [0.05, 0.1) is 13.2 Å². The molecule has 0 aliphatic carbocycles. The maximum Gasteiger partial charge on any atom is 0.319 e. The first-order valence-corrected chi connectivity index (χ1v) is 9.34. The average Bonchev–Trinajstić information content (AvgIpc) is 2.73. The molecule has 0 unspecified atom stereocenters. The van der Waals surface area contributed by atoms with Gasteiger partial charge < -0.3 is 25.2 Å². The number of ether oxygens (including phenoxy) is 1. The van der Waals surface area contributed by atoms with Crippen LogP contribution in [0.3, 0.4) is 0 Å². The van der Waals surface area contributed by atoms with E-state index in [4.69, 9.17) is 4.74 Å². The second-order valence-electron chi connectivity index (χ2n) is 6.70. The van der Waals surface area contributed by atoms with E-state index in [2.05, 4.69) is 27.7 Å². The minimum absolute atomic E-state index is 0.0434. The smallest absolute Gasteiger partial charge is 0.319 e. The summed E-state index contributed by atoms with van der Waals surface area (Å²) in [4.78, 5) is 27.3. The van der Waals surface area contributed by atoms with Gasteiger partial charge in [0.25, 0.3) is 0 Å². The quantitative estimate of drug-likeness (QED) is 0.834. The van der Waals surface area contributed by atoms with Gasteiger partial charge in [-0.1, -0.05) is 12.1 Å². The Morgan fingerprint density at radius 3 is 2.29 bits per heavy atom. The Bertz CT molecular complexity index is 799. The van der Waals surface area contributed by atoms with Gasteiger partial charge in [0.2, 0.25) is 5.91 Å². The van der Waals surface area contributed by atoms with Gasteiger partial charge in [-0.05, 0) is 42.0 Å².